The van der Waals surface area contributed by atoms with Crippen molar-refractivity contribution in [3.63, 3.8) is 0 Å². The van der Waals surface area contributed by atoms with Gasteiger partial charge in [-0.1, -0.05) is 53.3 Å². The minimum absolute atomic E-state index is 0.197. The fourth-order valence-electron chi connectivity index (χ4n) is 2.61. The molecule has 0 atom stereocenters. The lowest BCUT2D eigenvalue weighted by atomic mass is 10.2. The Kier molecular flexibility index (Phi) is 4.44. The first-order valence-corrected chi connectivity index (χ1v) is 9.24. The van der Waals surface area contributed by atoms with Crippen LogP contribution in [-0.4, -0.2) is 21.2 Å². The van der Waals surface area contributed by atoms with Gasteiger partial charge in [-0.25, -0.2) is 0 Å². The first kappa shape index (κ1) is 16.8. The van der Waals surface area contributed by atoms with Crippen LogP contribution in [0.2, 0.25) is 5.02 Å². The summed E-state index contributed by atoms with van der Waals surface area (Å²) in [6, 6.07) is 14.9. The van der Waals surface area contributed by atoms with Crippen LogP contribution in [0.1, 0.15) is 12.5 Å². The summed E-state index contributed by atoms with van der Waals surface area (Å²) in [5.41, 5.74) is 1.43. The van der Waals surface area contributed by atoms with Gasteiger partial charge in [-0.05, 0) is 31.2 Å². The standard InChI is InChI=1S/C19H14ClN3O2S/c1-2-25-15-9-4-3-6-12(15)11-16-18(24)23-19(26-16)21-17(22-23)13-7-5-8-14(20)10-13/h3-11H,2H2,1H3/b16-11-. The van der Waals surface area contributed by atoms with Gasteiger partial charge in [0.2, 0.25) is 4.96 Å². The normalized spacial score (nSPS) is 12.0. The predicted molar refractivity (Wildman–Crippen MR) is 104 cm³/mol. The van der Waals surface area contributed by atoms with E-state index in [1.54, 1.807) is 12.1 Å². The second-order valence-electron chi connectivity index (χ2n) is 5.53. The molecule has 0 radical (unpaired) electrons. The Balaban J connectivity index is 1.81. The van der Waals surface area contributed by atoms with E-state index in [9.17, 15) is 4.79 Å². The van der Waals surface area contributed by atoms with Crippen LogP contribution >= 0.6 is 22.9 Å². The molecule has 2 aromatic carbocycles. The van der Waals surface area contributed by atoms with Gasteiger partial charge in [-0.3, -0.25) is 4.79 Å². The van der Waals surface area contributed by atoms with Crippen LogP contribution in [0.25, 0.3) is 22.4 Å². The SMILES string of the molecule is CCOc1ccccc1/C=c1\sc2nc(-c3cccc(Cl)c3)nn2c1=O. The molecule has 2 heterocycles. The van der Waals surface area contributed by atoms with Gasteiger partial charge in [0.05, 0.1) is 11.1 Å². The maximum Gasteiger partial charge on any atom is 0.291 e. The van der Waals surface area contributed by atoms with Crippen molar-refractivity contribution in [3.05, 3.63) is 74.0 Å². The van der Waals surface area contributed by atoms with Gasteiger partial charge in [0.25, 0.3) is 5.56 Å². The lowest BCUT2D eigenvalue weighted by molar-refractivity contribution is 0.339. The lowest BCUT2D eigenvalue weighted by Crippen LogP contribution is -2.23. The van der Waals surface area contributed by atoms with Crippen molar-refractivity contribution < 1.29 is 4.74 Å². The lowest BCUT2D eigenvalue weighted by Gasteiger charge is -2.05. The van der Waals surface area contributed by atoms with Crippen molar-refractivity contribution in [2.75, 3.05) is 6.61 Å². The average Bonchev–Trinajstić information content (AvgIpc) is 3.17. The Morgan fingerprint density at radius 2 is 2.08 bits per heavy atom. The Morgan fingerprint density at radius 1 is 1.23 bits per heavy atom. The van der Waals surface area contributed by atoms with Gasteiger partial charge in [-0.15, -0.1) is 5.10 Å². The van der Waals surface area contributed by atoms with E-state index in [0.29, 0.717) is 26.9 Å². The van der Waals surface area contributed by atoms with Gasteiger partial charge in [-0.2, -0.15) is 9.50 Å². The molecule has 0 aliphatic heterocycles. The number of hydrogen-bond acceptors (Lipinski definition) is 5. The highest BCUT2D eigenvalue weighted by atomic mass is 35.5. The van der Waals surface area contributed by atoms with Crippen LogP contribution in [0.15, 0.2) is 53.3 Å². The third-order valence-electron chi connectivity index (χ3n) is 3.77. The molecule has 0 unspecified atom stereocenters. The second kappa shape index (κ2) is 6.90. The van der Waals surface area contributed by atoms with E-state index in [0.717, 1.165) is 16.9 Å². The number of ether oxygens (including phenoxy) is 1. The number of aromatic nitrogens is 3. The molecule has 7 heteroatoms. The summed E-state index contributed by atoms with van der Waals surface area (Å²) in [4.78, 5) is 17.7. The Bertz CT molecular complexity index is 1200. The monoisotopic (exact) mass is 383 g/mol. The van der Waals surface area contributed by atoms with Crippen LogP contribution < -0.4 is 14.8 Å². The average molecular weight is 384 g/mol. The van der Waals surface area contributed by atoms with Gasteiger partial charge >= 0.3 is 0 Å². The number of thiazole rings is 1. The van der Waals surface area contributed by atoms with E-state index < -0.39 is 0 Å². The molecule has 0 bridgehead atoms. The summed E-state index contributed by atoms with van der Waals surface area (Å²) < 4.78 is 7.50. The Labute approximate surface area is 158 Å². The Morgan fingerprint density at radius 3 is 2.85 bits per heavy atom. The van der Waals surface area contributed by atoms with Gasteiger partial charge < -0.3 is 4.74 Å². The first-order chi connectivity index (χ1) is 12.7. The summed E-state index contributed by atoms with van der Waals surface area (Å²) in [6.07, 6.45) is 1.81. The molecule has 0 N–H and O–H groups in total. The molecule has 0 saturated carbocycles. The molecule has 0 amide bonds. The zero-order valence-corrected chi connectivity index (χ0v) is 15.4. The number of benzene rings is 2. The van der Waals surface area contributed by atoms with Crippen molar-refractivity contribution in [2.24, 2.45) is 0 Å². The second-order valence-corrected chi connectivity index (χ2v) is 6.97. The molecule has 4 aromatic rings. The fraction of sp³-hybridized carbons (Fsp3) is 0.105. The topological polar surface area (TPSA) is 56.5 Å². The number of rotatable bonds is 4. The smallest absolute Gasteiger partial charge is 0.291 e. The van der Waals surface area contributed by atoms with Crippen molar-refractivity contribution in [3.8, 4) is 17.1 Å². The zero-order chi connectivity index (χ0) is 18.1. The molecule has 0 aliphatic rings. The summed E-state index contributed by atoms with van der Waals surface area (Å²) in [6.45, 7) is 2.49. The van der Waals surface area contributed by atoms with Crippen LogP contribution in [0.3, 0.4) is 0 Å². The molecule has 26 heavy (non-hydrogen) atoms. The molecule has 0 spiro atoms. The molecular weight excluding hydrogens is 370 g/mol. The Hall–Kier alpha value is -2.70. The number of hydrogen-bond donors (Lipinski definition) is 0. The van der Waals surface area contributed by atoms with E-state index in [4.69, 9.17) is 16.3 Å². The van der Waals surface area contributed by atoms with Crippen molar-refractivity contribution in [2.45, 2.75) is 6.92 Å². The summed E-state index contributed by atoms with van der Waals surface area (Å²) >= 11 is 7.31. The summed E-state index contributed by atoms with van der Waals surface area (Å²) in [5.74, 6) is 1.23. The number of halogens is 1. The van der Waals surface area contributed by atoms with Crippen LogP contribution in [0, 0.1) is 0 Å². The van der Waals surface area contributed by atoms with E-state index in [2.05, 4.69) is 10.1 Å². The van der Waals surface area contributed by atoms with Crippen molar-refractivity contribution in [1.29, 1.82) is 0 Å². The van der Waals surface area contributed by atoms with E-state index in [-0.39, 0.29) is 5.56 Å². The number of para-hydroxylation sites is 1. The molecule has 0 saturated heterocycles. The summed E-state index contributed by atoms with van der Waals surface area (Å²) in [7, 11) is 0. The highest BCUT2D eigenvalue weighted by Gasteiger charge is 2.12. The molecular formula is C19H14ClN3O2S. The van der Waals surface area contributed by atoms with Gasteiger partial charge in [0, 0.05) is 16.1 Å². The molecule has 130 valence electrons. The third kappa shape index (κ3) is 3.09. The first-order valence-electron chi connectivity index (χ1n) is 8.05. The van der Waals surface area contributed by atoms with E-state index >= 15 is 0 Å². The van der Waals surface area contributed by atoms with Gasteiger partial charge in [0.15, 0.2) is 5.82 Å². The highest BCUT2D eigenvalue weighted by molar-refractivity contribution is 7.15. The minimum Gasteiger partial charge on any atom is -0.493 e. The largest absolute Gasteiger partial charge is 0.493 e. The number of fused-ring (bicyclic) bond motifs is 1. The van der Waals surface area contributed by atoms with E-state index in [1.165, 1.54) is 15.9 Å². The zero-order valence-electron chi connectivity index (χ0n) is 13.8. The maximum absolute atomic E-state index is 12.7. The summed E-state index contributed by atoms with van der Waals surface area (Å²) in [5, 5.41) is 4.94. The molecule has 5 nitrogen and oxygen atoms in total. The van der Waals surface area contributed by atoms with Crippen molar-refractivity contribution in [1.82, 2.24) is 14.6 Å². The van der Waals surface area contributed by atoms with E-state index in [1.807, 2.05) is 49.4 Å². The fourth-order valence-corrected chi connectivity index (χ4v) is 3.70. The molecule has 2 aromatic heterocycles. The van der Waals surface area contributed by atoms with Crippen LogP contribution in [0.5, 0.6) is 5.75 Å². The number of nitrogens with zero attached hydrogens (tertiary/aromatic N) is 3. The van der Waals surface area contributed by atoms with Gasteiger partial charge in [0.1, 0.15) is 5.75 Å². The van der Waals surface area contributed by atoms with Crippen molar-refractivity contribution >= 4 is 34.0 Å². The van der Waals surface area contributed by atoms with Crippen LogP contribution in [-0.2, 0) is 0 Å². The maximum atomic E-state index is 12.7. The predicted octanol–water partition coefficient (Wildman–Crippen LogP) is 3.42. The minimum atomic E-state index is -0.197. The molecule has 0 fully saturated rings. The third-order valence-corrected chi connectivity index (χ3v) is 4.96. The quantitative estimate of drug-likeness (QED) is 0.542. The van der Waals surface area contributed by atoms with Crippen LogP contribution in [0.4, 0.5) is 0 Å². The molecule has 4 rings (SSSR count). The molecule has 0 aliphatic carbocycles. The highest BCUT2D eigenvalue weighted by Crippen LogP contribution is 2.21.